The summed E-state index contributed by atoms with van der Waals surface area (Å²) >= 11 is 0. The number of carbonyl (C=O) groups excluding carboxylic acids is 3. The van der Waals surface area contributed by atoms with E-state index in [0.717, 1.165) is 11.1 Å². The molecule has 0 saturated carbocycles. The van der Waals surface area contributed by atoms with Gasteiger partial charge in [-0.3, -0.25) is 4.79 Å². The fraction of sp³-hybridized carbons (Fsp3) is 0.129. The first-order valence-electron chi connectivity index (χ1n) is 12.3. The molecule has 0 radical (unpaired) electrons. The maximum Gasteiger partial charge on any atom is 0.338 e. The van der Waals surface area contributed by atoms with Crippen molar-refractivity contribution in [3.63, 3.8) is 0 Å². The molecule has 4 aromatic carbocycles. The quantitative estimate of drug-likeness (QED) is 0.280. The van der Waals surface area contributed by atoms with Gasteiger partial charge in [0.2, 0.25) is 5.91 Å². The third-order valence-electron chi connectivity index (χ3n) is 5.78. The standard InChI is InChI=1S/C31H27FN2O5/c32-26-13-7-12-23(14-26)15-28(33)29(35)34-27-17-24(30(36)38-19-21-8-3-1-4-9-21)16-25(18-27)31(37)39-20-22-10-5-2-6-11-22/h1-14,16-18,28H,15,19-20,33H2,(H,34,35). The fourth-order valence-electron chi connectivity index (χ4n) is 3.79. The lowest BCUT2D eigenvalue weighted by atomic mass is 10.1. The molecule has 0 fully saturated rings. The van der Waals surface area contributed by atoms with E-state index < -0.39 is 29.7 Å². The van der Waals surface area contributed by atoms with Crippen LogP contribution in [0.1, 0.15) is 37.4 Å². The van der Waals surface area contributed by atoms with Crippen LogP contribution in [-0.4, -0.2) is 23.9 Å². The number of ether oxygens (including phenoxy) is 2. The number of anilines is 1. The molecule has 1 amide bonds. The van der Waals surface area contributed by atoms with Gasteiger partial charge in [0, 0.05) is 5.69 Å². The second-order valence-electron chi connectivity index (χ2n) is 8.85. The minimum absolute atomic E-state index is 0.0303. The topological polar surface area (TPSA) is 108 Å². The maximum atomic E-state index is 13.5. The molecule has 0 aliphatic carbocycles. The summed E-state index contributed by atoms with van der Waals surface area (Å²) in [7, 11) is 0. The average Bonchev–Trinajstić information content (AvgIpc) is 2.95. The van der Waals surface area contributed by atoms with Gasteiger partial charge in [0.05, 0.1) is 17.2 Å². The number of nitrogens with one attached hydrogen (secondary N) is 1. The van der Waals surface area contributed by atoms with Gasteiger partial charge in [-0.15, -0.1) is 0 Å². The van der Waals surface area contributed by atoms with Crippen LogP contribution in [0.4, 0.5) is 10.1 Å². The molecule has 0 saturated heterocycles. The van der Waals surface area contributed by atoms with Crippen molar-refractivity contribution in [1.82, 2.24) is 0 Å². The van der Waals surface area contributed by atoms with Crippen LogP contribution in [-0.2, 0) is 33.9 Å². The molecule has 7 nitrogen and oxygen atoms in total. The predicted molar refractivity (Wildman–Crippen MR) is 144 cm³/mol. The first-order valence-corrected chi connectivity index (χ1v) is 12.3. The van der Waals surface area contributed by atoms with Crippen molar-refractivity contribution in [2.75, 3.05) is 5.32 Å². The Labute approximate surface area is 225 Å². The largest absolute Gasteiger partial charge is 0.457 e. The van der Waals surface area contributed by atoms with Crippen LogP contribution in [0.5, 0.6) is 0 Å². The fourth-order valence-corrected chi connectivity index (χ4v) is 3.79. The number of halogens is 1. The van der Waals surface area contributed by atoms with Crippen LogP contribution in [0, 0.1) is 5.82 Å². The summed E-state index contributed by atoms with van der Waals surface area (Å²) in [6, 6.07) is 27.2. The van der Waals surface area contributed by atoms with Gasteiger partial charge in [-0.2, -0.15) is 0 Å². The Bertz CT molecular complexity index is 1370. The van der Waals surface area contributed by atoms with Crippen molar-refractivity contribution in [1.29, 1.82) is 0 Å². The summed E-state index contributed by atoms with van der Waals surface area (Å²) in [6.07, 6.45) is 0.0916. The Balaban J connectivity index is 1.51. The van der Waals surface area contributed by atoms with Crippen LogP contribution >= 0.6 is 0 Å². The number of hydrogen-bond acceptors (Lipinski definition) is 6. The molecule has 8 heteroatoms. The summed E-state index contributed by atoms with van der Waals surface area (Å²) < 4.78 is 24.3. The second-order valence-corrected chi connectivity index (χ2v) is 8.85. The number of esters is 2. The number of amides is 1. The van der Waals surface area contributed by atoms with Crippen LogP contribution < -0.4 is 11.1 Å². The smallest absolute Gasteiger partial charge is 0.338 e. The third-order valence-corrected chi connectivity index (χ3v) is 5.78. The SMILES string of the molecule is NC(Cc1cccc(F)c1)C(=O)Nc1cc(C(=O)OCc2ccccc2)cc(C(=O)OCc2ccccc2)c1. The molecule has 39 heavy (non-hydrogen) atoms. The number of nitrogens with two attached hydrogens (primary N) is 1. The molecule has 0 aliphatic heterocycles. The summed E-state index contributed by atoms with van der Waals surface area (Å²) in [5.74, 6) is -2.37. The Morgan fingerprint density at radius 3 is 1.72 bits per heavy atom. The van der Waals surface area contributed by atoms with Gasteiger partial charge in [0.15, 0.2) is 0 Å². The lowest BCUT2D eigenvalue weighted by Crippen LogP contribution is -2.37. The van der Waals surface area contributed by atoms with Crippen LogP contribution in [0.3, 0.4) is 0 Å². The summed E-state index contributed by atoms with van der Waals surface area (Å²) in [6.45, 7) is 0.0606. The zero-order chi connectivity index (χ0) is 27.6. The molecule has 0 aromatic heterocycles. The summed E-state index contributed by atoms with van der Waals surface area (Å²) in [5.41, 5.74) is 8.45. The Morgan fingerprint density at radius 2 is 1.21 bits per heavy atom. The highest BCUT2D eigenvalue weighted by atomic mass is 19.1. The second kappa shape index (κ2) is 13.1. The molecule has 0 aliphatic rings. The normalized spacial score (nSPS) is 11.3. The molecular formula is C31H27FN2O5. The van der Waals surface area contributed by atoms with Crippen molar-refractivity contribution in [3.05, 3.63) is 137 Å². The first-order chi connectivity index (χ1) is 18.9. The van der Waals surface area contributed by atoms with E-state index in [2.05, 4.69) is 5.32 Å². The monoisotopic (exact) mass is 526 g/mol. The molecule has 0 spiro atoms. The van der Waals surface area contributed by atoms with Gasteiger partial charge in [-0.1, -0.05) is 72.8 Å². The highest BCUT2D eigenvalue weighted by Crippen LogP contribution is 2.19. The van der Waals surface area contributed by atoms with Crippen molar-refractivity contribution < 1.29 is 28.2 Å². The van der Waals surface area contributed by atoms with Crippen LogP contribution in [0.25, 0.3) is 0 Å². The van der Waals surface area contributed by atoms with Gasteiger partial charge in [-0.05, 0) is 53.4 Å². The van der Waals surface area contributed by atoms with Gasteiger partial charge in [0.1, 0.15) is 19.0 Å². The van der Waals surface area contributed by atoms with E-state index in [1.807, 2.05) is 60.7 Å². The molecule has 0 bridgehead atoms. The van der Waals surface area contributed by atoms with Crippen molar-refractivity contribution in [3.8, 4) is 0 Å². The molecule has 1 atom stereocenters. The summed E-state index contributed by atoms with van der Waals surface area (Å²) in [5, 5.41) is 2.64. The van der Waals surface area contributed by atoms with Gasteiger partial charge in [-0.25, -0.2) is 14.0 Å². The van der Waals surface area contributed by atoms with Crippen LogP contribution in [0.15, 0.2) is 103 Å². The van der Waals surface area contributed by atoms with Crippen molar-refractivity contribution >= 4 is 23.5 Å². The Hall–Kier alpha value is -4.82. The minimum Gasteiger partial charge on any atom is -0.457 e. The van der Waals surface area contributed by atoms with Crippen molar-refractivity contribution in [2.24, 2.45) is 5.73 Å². The molecule has 198 valence electrons. The molecular weight excluding hydrogens is 499 g/mol. The Morgan fingerprint density at radius 1 is 0.692 bits per heavy atom. The van der Waals surface area contributed by atoms with Crippen molar-refractivity contribution in [2.45, 2.75) is 25.7 Å². The molecule has 3 N–H and O–H groups in total. The molecule has 1 unspecified atom stereocenters. The van der Waals surface area contributed by atoms with E-state index in [-0.39, 0.29) is 36.4 Å². The van der Waals surface area contributed by atoms with Gasteiger partial charge < -0.3 is 20.5 Å². The minimum atomic E-state index is -1.01. The first kappa shape index (κ1) is 27.2. The van der Waals surface area contributed by atoms with E-state index in [1.165, 1.54) is 36.4 Å². The number of benzene rings is 4. The van der Waals surface area contributed by atoms with E-state index in [9.17, 15) is 18.8 Å². The van der Waals surface area contributed by atoms with E-state index in [4.69, 9.17) is 15.2 Å². The number of hydrogen-bond donors (Lipinski definition) is 2. The van der Waals surface area contributed by atoms with E-state index in [0.29, 0.717) is 5.56 Å². The van der Waals surface area contributed by atoms with E-state index >= 15 is 0 Å². The Kier molecular flexibility index (Phi) is 9.16. The number of carbonyl (C=O) groups is 3. The lowest BCUT2D eigenvalue weighted by Gasteiger charge is -2.15. The number of rotatable bonds is 10. The zero-order valence-electron chi connectivity index (χ0n) is 21.0. The lowest BCUT2D eigenvalue weighted by molar-refractivity contribution is -0.117. The maximum absolute atomic E-state index is 13.5. The molecule has 4 rings (SSSR count). The third kappa shape index (κ3) is 8.08. The summed E-state index contributed by atoms with van der Waals surface area (Å²) in [4.78, 5) is 38.6. The van der Waals surface area contributed by atoms with Gasteiger partial charge in [0.25, 0.3) is 0 Å². The van der Waals surface area contributed by atoms with Crippen LogP contribution in [0.2, 0.25) is 0 Å². The molecule has 0 heterocycles. The highest BCUT2D eigenvalue weighted by molar-refractivity contribution is 6.00. The zero-order valence-corrected chi connectivity index (χ0v) is 21.0. The highest BCUT2D eigenvalue weighted by Gasteiger charge is 2.19. The van der Waals surface area contributed by atoms with Gasteiger partial charge >= 0.3 is 11.9 Å². The predicted octanol–water partition coefficient (Wildman–Crippen LogP) is 5.05. The average molecular weight is 527 g/mol. The van der Waals surface area contributed by atoms with E-state index in [1.54, 1.807) is 6.07 Å². The molecule has 4 aromatic rings.